The molecular formula is C15H19N3O2. The van der Waals surface area contributed by atoms with E-state index in [2.05, 4.69) is 15.6 Å². The van der Waals surface area contributed by atoms with Crippen molar-refractivity contribution in [2.75, 3.05) is 11.9 Å². The average molecular weight is 273 g/mol. The molecule has 0 aliphatic heterocycles. The first kappa shape index (κ1) is 14.1. The van der Waals surface area contributed by atoms with Gasteiger partial charge in [0.1, 0.15) is 5.76 Å². The highest BCUT2D eigenvalue weighted by molar-refractivity contribution is 5.89. The van der Waals surface area contributed by atoms with E-state index in [9.17, 15) is 4.79 Å². The van der Waals surface area contributed by atoms with Crippen LogP contribution in [0.5, 0.6) is 0 Å². The molecule has 0 bridgehead atoms. The van der Waals surface area contributed by atoms with E-state index in [1.54, 1.807) is 0 Å². The van der Waals surface area contributed by atoms with Crippen LogP contribution >= 0.6 is 0 Å². The van der Waals surface area contributed by atoms with Crippen LogP contribution < -0.4 is 10.6 Å². The van der Waals surface area contributed by atoms with Crippen LogP contribution in [0, 0.1) is 13.8 Å². The number of aryl methyl sites for hydroxylation is 2. The summed E-state index contributed by atoms with van der Waals surface area (Å²) < 4.78 is 5.59. The molecule has 1 aromatic heterocycles. The fourth-order valence-electron chi connectivity index (χ4n) is 1.74. The number of urea groups is 1. The van der Waals surface area contributed by atoms with Gasteiger partial charge in [-0.05, 0) is 38.5 Å². The molecule has 5 nitrogen and oxygen atoms in total. The molecule has 2 rings (SSSR count). The number of hydrogen-bond donors (Lipinski definition) is 2. The van der Waals surface area contributed by atoms with Gasteiger partial charge >= 0.3 is 6.03 Å². The van der Waals surface area contributed by atoms with Crippen LogP contribution in [0.15, 0.2) is 28.7 Å². The van der Waals surface area contributed by atoms with Crippen molar-refractivity contribution in [1.82, 2.24) is 10.3 Å². The highest BCUT2D eigenvalue weighted by Crippen LogP contribution is 2.23. The number of rotatable bonds is 4. The van der Waals surface area contributed by atoms with E-state index in [4.69, 9.17) is 4.42 Å². The minimum Gasteiger partial charge on any atom is -0.441 e. The van der Waals surface area contributed by atoms with Gasteiger partial charge in [0.15, 0.2) is 0 Å². The second kappa shape index (κ2) is 6.23. The van der Waals surface area contributed by atoms with E-state index >= 15 is 0 Å². The van der Waals surface area contributed by atoms with Crippen LogP contribution in [0.2, 0.25) is 0 Å². The van der Waals surface area contributed by atoms with Gasteiger partial charge in [0, 0.05) is 17.8 Å². The molecule has 1 heterocycles. The number of benzene rings is 1. The van der Waals surface area contributed by atoms with Gasteiger partial charge < -0.3 is 15.1 Å². The number of aromatic nitrogens is 1. The van der Waals surface area contributed by atoms with Crippen molar-refractivity contribution in [2.45, 2.75) is 27.2 Å². The van der Waals surface area contributed by atoms with Gasteiger partial charge in [-0.2, -0.15) is 0 Å². The Bertz CT molecular complexity index is 585. The number of anilines is 1. The Kier molecular flexibility index (Phi) is 4.40. The molecule has 0 unspecified atom stereocenters. The van der Waals surface area contributed by atoms with Gasteiger partial charge in [0.05, 0.1) is 5.69 Å². The molecule has 0 radical (unpaired) electrons. The van der Waals surface area contributed by atoms with Crippen molar-refractivity contribution in [2.24, 2.45) is 0 Å². The molecule has 0 spiro atoms. The molecule has 0 atom stereocenters. The first-order valence-electron chi connectivity index (χ1n) is 6.69. The normalized spacial score (nSPS) is 10.3. The van der Waals surface area contributed by atoms with Crippen LogP contribution in [-0.2, 0) is 0 Å². The first-order valence-corrected chi connectivity index (χ1v) is 6.69. The Morgan fingerprint density at radius 2 is 2.15 bits per heavy atom. The maximum absolute atomic E-state index is 11.6. The van der Waals surface area contributed by atoms with Crippen molar-refractivity contribution in [3.05, 3.63) is 35.7 Å². The van der Waals surface area contributed by atoms with Crippen LogP contribution in [-0.4, -0.2) is 17.6 Å². The Balaban J connectivity index is 2.13. The van der Waals surface area contributed by atoms with Crippen molar-refractivity contribution < 1.29 is 9.21 Å². The summed E-state index contributed by atoms with van der Waals surface area (Å²) in [5.41, 5.74) is 2.43. The summed E-state index contributed by atoms with van der Waals surface area (Å²) in [6.45, 7) is 6.45. The fourth-order valence-corrected chi connectivity index (χ4v) is 1.74. The van der Waals surface area contributed by atoms with Gasteiger partial charge in [-0.15, -0.1) is 0 Å². The molecule has 0 saturated heterocycles. The molecule has 2 N–H and O–H groups in total. The molecule has 1 aromatic carbocycles. The average Bonchev–Trinajstić information content (AvgIpc) is 2.77. The van der Waals surface area contributed by atoms with Gasteiger partial charge in [0.2, 0.25) is 5.89 Å². The summed E-state index contributed by atoms with van der Waals surface area (Å²) in [7, 11) is 0. The third-order valence-corrected chi connectivity index (χ3v) is 2.93. The highest BCUT2D eigenvalue weighted by atomic mass is 16.4. The summed E-state index contributed by atoms with van der Waals surface area (Å²) in [6.07, 6.45) is 0.905. The lowest BCUT2D eigenvalue weighted by Gasteiger charge is -2.07. The van der Waals surface area contributed by atoms with Crippen molar-refractivity contribution in [3.63, 3.8) is 0 Å². The number of carbonyl (C=O) groups is 1. The van der Waals surface area contributed by atoms with Crippen LogP contribution in [0.1, 0.15) is 24.8 Å². The van der Waals surface area contributed by atoms with E-state index in [0.29, 0.717) is 18.1 Å². The number of carbonyl (C=O) groups excluding carboxylic acids is 1. The van der Waals surface area contributed by atoms with E-state index in [1.165, 1.54) is 0 Å². The van der Waals surface area contributed by atoms with Crippen LogP contribution in [0.4, 0.5) is 10.5 Å². The second-order valence-electron chi connectivity index (χ2n) is 4.62. The molecule has 2 aromatic rings. The first-order chi connectivity index (χ1) is 9.60. The van der Waals surface area contributed by atoms with Crippen molar-refractivity contribution in [1.29, 1.82) is 0 Å². The van der Waals surface area contributed by atoms with E-state index in [0.717, 1.165) is 23.4 Å². The summed E-state index contributed by atoms with van der Waals surface area (Å²) in [6, 6.07) is 7.23. The van der Waals surface area contributed by atoms with Crippen molar-refractivity contribution >= 4 is 11.7 Å². The lowest BCUT2D eigenvalue weighted by Crippen LogP contribution is -2.29. The fraction of sp³-hybridized carbons (Fsp3) is 0.333. The summed E-state index contributed by atoms with van der Waals surface area (Å²) in [5.74, 6) is 1.37. The number of nitrogens with one attached hydrogen (secondary N) is 2. The van der Waals surface area contributed by atoms with Gasteiger partial charge in [-0.3, -0.25) is 0 Å². The Morgan fingerprint density at radius 1 is 1.35 bits per heavy atom. The number of oxazole rings is 1. The number of amides is 2. The Labute approximate surface area is 118 Å². The predicted molar refractivity (Wildman–Crippen MR) is 78.7 cm³/mol. The number of hydrogen-bond acceptors (Lipinski definition) is 3. The summed E-state index contributed by atoms with van der Waals surface area (Å²) in [4.78, 5) is 16.0. The van der Waals surface area contributed by atoms with E-state index in [1.807, 2.05) is 45.0 Å². The van der Waals surface area contributed by atoms with E-state index in [-0.39, 0.29) is 6.03 Å². The summed E-state index contributed by atoms with van der Waals surface area (Å²) in [5, 5.41) is 5.55. The maximum atomic E-state index is 11.6. The highest BCUT2D eigenvalue weighted by Gasteiger charge is 2.09. The largest absolute Gasteiger partial charge is 0.441 e. The molecule has 0 aliphatic rings. The third-order valence-electron chi connectivity index (χ3n) is 2.93. The monoisotopic (exact) mass is 273 g/mol. The molecule has 20 heavy (non-hydrogen) atoms. The molecule has 0 saturated carbocycles. The minimum atomic E-state index is -0.205. The van der Waals surface area contributed by atoms with E-state index < -0.39 is 0 Å². The zero-order valence-electron chi connectivity index (χ0n) is 12.0. The molecule has 0 fully saturated rings. The smallest absolute Gasteiger partial charge is 0.319 e. The summed E-state index contributed by atoms with van der Waals surface area (Å²) >= 11 is 0. The Morgan fingerprint density at radius 3 is 2.80 bits per heavy atom. The van der Waals surface area contributed by atoms with Gasteiger partial charge in [-0.25, -0.2) is 9.78 Å². The standard InChI is InChI=1S/C15H19N3O2/c1-4-8-16-15(19)18-13-7-5-6-12(9-13)14-17-10(2)11(3)20-14/h5-7,9H,4,8H2,1-3H3,(H2,16,18,19). The van der Waals surface area contributed by atoms with Crippen LogP contribution in [0.3, 0.4) is 0 Å². The second-order valence-corrected chi connectivity index (χ2v) is 4.62. The molecule has 0 aliphatic carbocycles. The Hall–Kier alpha value is -2.30. The molecular weight excluding hydrogens is 254 g/mol. The topological polar surface area (TPSA) is 67.2 Å². The predicted octanol–water partition coefficient (Wildman–Crippen LogP) is 3.49. The zero-order valence-corrected chi connectivity index (χ0v) is 12.0. The zero-order chi connectivity index (χ0) is 14.5. The third kappa shape index (κ3) is 3.38. The molecule has 106 valence electrons. The lowest BCUT2D eigenvalue weighted by molar-refractivity contribution is 0.252. The van der Waals surface area contributed by atoms with Gasteiger partial charge in [-0.1, -0.05) is 13.0 Å². The SMILES string of the molecule is CCCNC(=O)Nc1cccc(-c2nc(C)c(C)o2)c1. The van der Waals surface area contributed by atoms with Crippen molar-refractivity contribution in [3.8, 4) is 11.5 Å². The maximum Gasteiger partial charge on any atom is 0.319 e. The minimum absolute atomic E-state index is 0.205. The molecule has 5 heteroatoms. The lowest BCUT2D eigenvalue weighted by atomic mass is 10.2. The van der Waals surface area contributed by atoms with Gasteiger partial charge in [0.25, 0.3) is 0 Å². The molecule has 2 amide bonds. The quantitative estimate of drug-likeness (QED) is 0.896. The van der Waals surface area contributed by atoms with Crippen LogP contribution in [0.25, 0.3) is 11.5 Å². The number of nitrogens with zero attached hydrogens (tertiary/aromatic N) is 1.